The third-order valence-electron chi connectivity index (χ3n) is 11.9. The zero-order valence-electron chi connectivity index (χ0n) is 32.1. The predicted molar refractivity (Wildman–Crippen MR) is 249 cm³/mol. The number of rotatable bonds is 6. The van der Waals surface area contributed by atoms with Crippen molar-refractivity contribution in [2.45, 2.75) is 0 Å². The maximum Gasteiger partial charge on any atom is 0.138 e. The summed E-state index contributed by atoms with van der Waals surface area (Å²) in [5, 5.41) is 9.44. The molecule has 10 aromatic carbocycles. The number of benzene rings is 10. The van der Waals surface area contributed by atoms with Gasteiger partial charge in [-0.05, 0) is 99.1 Å². The summed E-state index contributed by atoms with van der Waals surface area (Å²) in [4.78, 5) is 2.38. The minimum Gasteiger partial charge on any atom is -0.456 e. The van der Waals surface area contributed by atoms with E-state index in [0.29, 0.717) is 0 Å². The molecule has 0 aliphatic heterocycles. The Balaban J connectivity index is 1.05. The molecule has 0 spiro atoms. The van der Waals surface area contributed by atoms with E-state index >= 15 is 0 Å². The summed E-state index contributed by atoms with van der Waals surface area (Å²) in [6.45, 7) is 0. The van der Waals surface area contributed by atoms with Gasteiger partial charge in [-0.3, -0.25) is 0 Å². The van der Waals surface area contributed by atoms with Crippen molar-refractivity contribution in [3.63, 3.8) is 0 Å². The van der Waals surface area contributed by atoms with Crippen LogP contribution in [0.15, 0.2) is 223 Å². The summed E-state index contributed by atoms with van der Waals surface area (Å²) in [6, 6.07) is 78.6. The van der Waals surface area contributed by atoms with Gasteiger partial charge in [0, 0.05) is 50.1 Å². The number of anilines is 3. The van der Waals surface area contributed by atoms with Crippen LogP contribution in [0.4, 0.5) is 17.1 Å². The highest BCUT2D eigenvalue weighted by Gasteiger charge is 2.21. The van der Waals surface area contributed by atoms with Crippen molar-refractivity contribution in [1.82, 2.24) is 4.57 Å². The van der Waals surface area contributed by atoms with Crippen LogP contribution in [-0.2, 0) is 0 Å². The van der Waals surface area contributed by atoms with Crippen LogP contribution in [0.1, 0.15) is 0 Å². The van der Waals surface area contributed by atoms with Gasteiger partial charge in [0.1, 0.15) is 11.2 Å². The molecule has 3 nitrogen and oxygen atoms in total. The molecule has 0 saturated carbocycles. The zero-order chi connectivity index (χ0) is 38.9. The number of hydrogen-bond donors (Lipinski definition) is 0. The van der Waals surface area contributed by atoms with E-state index in [0.717, 1.165) is 66.6 Å². The smallest absolute Gasteiger partial charge is 0.138 e. The molecule has 0 saturated heterocycles. The first-order chi connectivity index (χ1) is 29.2. The fraction of sp³-hybridized carbons (Fsp3) is 0. The molecule has 0 fully saturated rings. The van der Waals surface area contributed by atoms with Crippen molar-refractivity contribution in [2.75, 3.05) is 4.90 Å². The molecular formula is C56H36N2O. The van der Waals surface area contributed by atoms with Gasteiger partial charge in [-0.15, -0.1) is 0 Å². The summed E-state index contributed by atoms with van der Waals surface area (Å²) >= 11 is 0. The van der Waals surface area contributed by atoms with Gasteiger partial charge in [-0.2, -0.15) is 0 Å². The number of fused-ring (bicyclic) bond motifs is 9. The SMILES string of the molecule is c1ccc(-c2ccc(N(c3ccc4ccccc4c3)c3cc4oc5ccc(-c6ccc7c8ccccc8n(-c8ccccc8)c7c6)cc5c4c4ccccc34)cc2)cc1. The highest BCUT2D eigenvalue weighted by atomic mass is 16.3. The highest BCUT2D eigenvalue weighted by molar-refractivity contribution is 6.23. The zero-order valence-corrected chi connectivity index (χ0v) is 32.1. The second-order valence-corrected chi connectivity index (χ2v) is 15.3. The molecule has 0 amide bonds. The Morgan fingerprint density at radius 1 is 0.339 bits per heavy atom. The lowest BCUT2D eigenvalue weighted by Gasteiger charge is -2.27. The Bertz CT molecular complexity index is 3540. The molecule has 0 aliphatic carbocycles. The number of nitrogens with zero attached hydrogens (tertiary/aromatic N) is 2. The third kappa shape index (κ3) is 5.44. The van der Waals surface area contributed by atoms with Crippen LogP contribution < -0.4 is 4.90 Å². The lowest BCUT2D eigenvalue weighted by Crippen LogP contribution is -2.10. The van der Waals surface area contributed by atoms with E-state index in [1.54, 1.807) is 0 Å². The molecule has 0 N–H and O–H groups in total. The average molecular weight is 753 g/mol. The number of aromatic nitrogens is 1. The Morgan fingerprint density at radius 2 is 0.949 bits per heavy atom. The van der Waals surface area contributed by atoms with Gasteiger partial charge in [-0.1, -0.05) is 152 Å². The van der Waals surface area contributed by atoms with Crippen LogP contribution in [0.25, 0.3) is 93.2 Å². The summed E-state index contributed by atoms with van der Waals surface area (Å²) in [5.74, 6) is 0. The van der Waals surface area contributed by atoms with E-state index in [9.17, 15) is 0 Å². The lowest BCUT2D eigenvalue weighted by atomic mass is 9.97. The second-order valence-electron chi connectivity index (χ2n) is 15.3. The van der Waals surface area contributed by atoms with Gasteiger partial charge < -0.3 is 13.9 Å². The van der Waals surface area contributed by atoms with E-state index in [1.807, 2.05) is 0 Å². The molecule has 0 bridgehead atoms. The molecule has 0 atom stereocenters. The van der Waals surface area contributed by atoms with Crippen LogP contribution in [0.3, 0.4) is 0 Å². The quantitative estimate of drug-likeness (QED) is 0.169. The number of para-hydroxylation sites is 2. The summed E-state index contributed by atoms with van der Waals surface area (Å²) in [5.41, 5.74) is 13.2. The van der Waals surface area contributed by atoms with Gasteiger partial charge in [0.25, 0.3) is 0 Å². The molecule has 2 heterocycles. The first kappa shape index (κ1) is 33.3. The molecule has 0 aliphatic rings. The van der Waals surface area contributed by atoms with E-state index < -0.39 is 0 Å². The first-order valence-corrected chi connectivity index (χ1v) is 20.2. The van der Waals surface area contributed by atoms with Crippen molar-refractivity contribution in [1.29, 1.82) is 0 Å². The number of furan rings is 1. The van der Waals surface area contributed by atoms with Gasteiger partial charge >= 0.3 is 0 Å². The van der Waals surface area contributed by atoms with E-state index in [2.05, 4.69) is 228 Å². The maximum atomic E-state index is 6.82. The monoisotopic (exact) mass is 752 g/mol. The van der Waals surface area contributed by atoms with Crippen LogP contribution in [-0.4, -0.2) is 4.57 Å². The Labute approximate surface area is 341 Å². The molecule has 12 aromatic rings. The largest absolute Gasteiger partial charge is 0.456 e. The van der Waals surface area contributed by atoms with Gasteiger partial charge in [0.05, 0.1) is 16.7 Å². The average Bonchev–Trinajstić information content (AvgIpc) is 3.85. The van der Waals surface area contributed by atoms with Crippen LogP contribution in [0, 0.1) is 0 Å². The molecule has 2 aromatic heterocycles. The van der Waals surface area contributed by atoms with Crippen molar-refractivity contribution < 1.29 is 4.42 Å². The van der Waals surface area contributed by atoms with Crippen molar-refractivity contribution >= 4 is 82.4 Å². The minimum absolute atomic E-state index is 0.859. The first-order valence-electron chi connectivity index (χ1n) is 20.2. The molecule has 3 heteroatoms. The summed E-state index contributed by atoms with van der Waals surface area (Å²) in [6.07, 6.45) is 0. The van der Waals surface area contributed by atoms with E-state index in [1.165, 1.54) is 43.7 Å². The summed E-state index contributed by atoms with van der Waals surface area (Å²) in [7, 11) is 0. The van der Waals surface area contributed by atoms with Crippen LogP contribution in [0.2, 0.25) is 0 Å². The summed E-state index contributed by atoms with van der Waals surface area (Å²) < 4.78 is 9.20. The second kappa shape index (κ2) is 13.4. The number of hydrogen-bond acceptors (Lipinski definition) is 2. The van der Waals surface area contributed by atoms with Gasteiger partial charge in [-0.25, -0.2) is 0 Å². The van der Waals surface area contributed by atoms with Crippen molar-refractivity contribution in [3.8, 4) is 27.9 Å². The normalized spacial score (nSPS) is 11.7. The van der Waals surface area contributed by atoms with Crippen LogP contribution in [0.5, 0.6) is 0 Å². The van der Waals surface area contributed by atoms with Gasteiger partial charge in [0.2, 0.25) is 0 Å². The lowest BCUT2D eigenvalue weighted by molar-refractivity contribution is 0.669. The Hall–Kier alpha value is -7.88. The topological polar surface area (TPSA) is 21.3 Å². The van der Waals surface area contributed by atoms with Crippen molar-refractivity contribution in [3.05, 3.63) is 218 Å². The molecular weight excluding hydrogens is 717 g/mol. The van der Waals surface area contributed by atoms with Gasteiger partial charge in [0.15, 0.2) is 0 Å². The maximum absolute atomic E-state index is 6.82. The molecule has 0 radical (unpaired) electrons. The fourth-order valence-corrected chi connectivity index (χ4v) is 9.17. The molecule has 276 valence electrons. The highest BCUT2D eigenvalue weighted by Crippen LogP contribution is 2.46. The van der Waals surface area contributed by atoms with E-state index in [-0.39, 0.29) is 0 Å². The predicted octanol–water partition coefficient (Wildman–Crippen LogP) is 15.8. The Kier molecular flexibility index (Phi) is 7.54. The minimum atomic E-state index is 0.859. The standard InChI is InChI=1S/C56H36N2O/c1-3-13-37(14-4-1)39-23-28-44(29-24-39)57(45-30-25-38-15-7-8-16-40(38)33-45)53-36-55-56(49-21-10-9-20-47(49)53)50-34-41(27-32-54(50)59-55)42-26-31-48-46-19-11-12-22-51(46)58(52(48)35-42)43-17-5-2-6-18-43/h1-36H. The van der Waals surface area contributed by atoms with E-state index in [4.69, 9.17) is 4.42 Å². The molecule has 12 rings (SSSR count). The Morgan fingerprint density at radius 3 is 1.78 bits per heavy atom. The third-order valence-corrected chi connectivity index (χ3v) is 11.9. The molecule has 0 unspecified atom stereocenters. The van der Waals surface area contributed by atoms with Crippen molar-refractivity contribution in [2.24, 2.45) is 0 Å². The fourth-order valence-electron chi connectivity index (χ4n) is 9.17. The molecule has 59 heavy (non-hydrogen) atoms. The van der Waals surface area contributed by atoms with Crippen LogP contribution >= 0.6 is 0 Å².